The fourth-order valence-corrected chi connectivity index (χ4v) is 7.30. The number of imide groups is 1. The van der Waals surface area contributed by atoms with Crippen molar-refractivity contribution in [3.63, 3.8) is 0 Å². The maximum Gasteiger partial charge on any atom is 0.318 e. The molecular weight excluding hydrogens is 699 g/mol. The van der Waals surface area contributed by atoms with Crippen LogP contribution >= 0.6 is 0 Å². The number of carbonyl (C=O) groups excluding carboxylic acids is 3. The number of imidazole rings is 1. The maximum atomic E-state index is 15.0. The molecule has 1 aromatic heterocycles. The number of nitrogens with one attached hydrogen (secondary N) is 4. The monoisotopic (exact) mass is 741 g/mol. The number of amides is 4. The summed E-state index contributed by atoms with van der Waals surface area (Å²) in [6, 6.07) is 0.975. The number of H-pyrrole nitrogens is 1. The number of carbonyl (C=O) groups is 3. The maximum absolute atomic E-state index is 15.0. The van der Waals surface area contributed by atoms with Gasteiger partial charge in [0.05, 0.1) is 17.9 Å². The van der Waals surface area contributed by atoms with Crippen LogP contribution in [-0.2, 0) is 24.4 Å². The van der Waals surface area contributed by atoms with E-state index < -0.39 is 88.2 Å². The molecule has 4 heterocycles. The van der Waals surface area contributed by atoms with E-state index in [4.69, 9.17) is 4.74 Å². The van der Waals surface area contributed by atoms with E-state index in [-0.39, 0.29) is 36.8 Å². The fraction of sp³-hybridized carbons (Fsp3) is 0.562. The van der Waals surface area contributed by atoms with Gasteiger partial charge in [0.2, 0.25) is 0 Å². The number of hydrogen-bond donors (Lipinski definition) is 6. The summed E-state index contributed by atoms with van der Waals surface area (Å²) < 4.78 is 83.0. The number of aromatic nitrogens is 2. The largest absolute Gasteiger partial charge is 0.381 e. The molecule has 280 valence electrons. The Morgan fingerprint density at radius 2 is 1.88 bits per heavy atom. The van der Waals surface area contributed by atoms with Gasteiger partial charge in [0.25, 0.3) is 21.9 Å². The molecule has 4 amide bonds. The number of aromatic amines is 1. The van der Waals surface area contributed by atoms with E-state index in [1.807, 2.05) is 0 Å². The Labute approximate surface area is 292 Å². The zero-order valence-electron chi connectivity index (χ0n) is 27.8. The van der Waals surface area contributed by atoms with Gasteiger partial charge in [-0.2, -0.15) is 8.42 Å². The second-order valence-electron chi connectivity index (χ2n) is 13.1. The summed E-state index contributed by atoms with van der Waals surface area (Å²) in [5.41, 5.74) is 0.138. The third-order valence-electron chi connectivity index (χ3n) is 9.32. The van der Waals surface area contributed by atoms with Crippen molar-refractivity contribution >= 4 is 28.0 Å². The molecule has 0 aliphatic carbocycles. The molecule has 0 bridgehead atoms. The molecule has 6 N–H and O–H groups in total. The molecule has 3 aliphatic rings. The first kappa shape index (κ1) is 38.4. The fourth-order valence-electron chi connectivity index (χ4n) is 6.54. The normalized spacial score (nSPS) is 22.3. The predicted molar refractivity (Wildman–Crippen MR) is 176 cm³/mol. The molecule has 2 fully saturated rings. The molecule has 2 saturated heterocycles. The van der Waals surface area contributed by atoms with E-state index in [1.165, 1.54) is 11.1 Å². The highest BCUT2D eigenvalue weighted by atomic mass is 32.2. The standard InChI is InChI=1S/C32H42F3N7O8S/c1-18(12-37-27(43)11-22(51(47,48)49)17-41-28(44)4-5-29(41)45)39-32(46)42(16-20-13-36-14-25(20)35)30(19-6-8-50-9-7-19)31-38-15-26(40-31)23-10-21(33)2-3-24(23)34/h2-5,10,15,18-20,22,25,27,30,36-37,43H,6-9,11-14,16-17H2,1H3,(H,38,40)(H,39,46)(H,47,48,49). The average Bonchev–Trinajstić information content (AvgIpc) is 3.81. The van der Waals surface area contributed by atoms with E-state index in [9.17, 15) is 45.6 Å². The zero-order valence-corrected chi connectivity index (χ0v) is 28.6. The van der Waals surface area contributed by atoms with Gasteiger partial charge in [-0.15, -0.1) is 0 Å². The third kappa shape index (κ3) is 9.72. The summed E-state index contributed by atoms with van der Waals surface area (Å²) in [5, 5.41) is 17.4. The van der Waals surface area contributed by atoms with Crippen LogP contribution in [0.4, 0.5) is 18.0 Å². The molecule has 15 nitrogen and oxygen atoms in total. The number of ether oxygens (including phenoxy) is 1. The van der Waals surface area contributed by atoms with Crippen LogP contribution in [0.2, 0.25) is 0 Å². The van der Waals surface area contributed by atoms with Crippen LogP contribution < -0.4 is 16.0 Å². The Balaban J connectivity index is 1.32. The van der Waals surface area contributed by atoms with Crippen molar-refractivity contribution in [3.05, 3.63) is 54.0 Å². The number of hydrogen-bond acceptors (Lipinski definition) is 10. The summed E-state index contributed by atoms with van der Waals surface area (Å²) in [4.78, 5) is 47.6. The van der Waals surface area contributed by atoms with E-state index in [2.05, 4.69) is 25.9 Å². The van der Waals surface area contributed by atoms with Crippen LogP contribution in [0.3, 0.4) is 0 Å². The van der Waals surface area contributed by atoms with Gasteiger partial charge < -0.3 is 30.4 Å². The van der Waals surface area contributed by atoms with Crippen LogP contribution in [0.25, 0.3) is 11.3 Å². The SMILES string of the molecule is CC(CNC(O)CC(CN1C(=O)C=CC1=O)S(=O)(=O)O)NC(=O)N(CC1CNCC1F)C(c1ncc(-c2cc(F)ccc2F)[nH]1)C1CCOCC1. The minimum Gasteiger partial charge on any atom is -0.381 e. The van der Waals surface area contributed by atoms with Gasteiger partial charge in [-0.05, 0) is 43.9 Å². The molecule has 0 spiro atoms. The lowest BCUT2D eigenvalue weighted by Gasteiger charge is -2.39. The number of halogens is 3. The lowest BCUT2D eigenvalue weighted by molar-refractivity contribution is -0.136. The van der Waals surface area contributed by atoms with Crippen molar-refractivity contribution in [2.45, 2.75) is 55.9 Å². The Morgan fingerprint density at radius 1 is 1.18 bits per heavy atom. The molecule has 6 unspecified atom stereocenters. The number of aliphatic hydroxyl groups excluding tert-OH is 1. The Hall–Kier alpha value is -3.88. The predicted octanol–water partition coefficient (Wildman–Crippen LogP) is 1.26. The van der Waals surface area contributed by atoms with Gasteiger partial charge in [0.1, 0.15) is 35.1 Å². The topological polar surface area (TPSA) is 206 Å². The summed E-state index contributed by atoms with van der Waals surface area (Å²) in [6.07, 6.45) is 0.973. The summed E-state index contributed by atoms with van der Waals surface area (Å²) in [6.45, 7) is 2.05. The number of alkyl halides is 1. The van der Waals surface area contributed by atoms with Gasteiger partial charge in [-0.25, -0.2) is 22.9 Å². The van der Waals surface area contributed by atoms with Crippen molar-refractivity contribution in [3.8, 4) is 11.3 Å². The second kappa shape index (κ2) is 16.6. The number of nitrogens with zero attached hydrogens (tertiary/aromatic N) is 3. The quantitative estimate of drug-likeness (QED) is 0.0871. The van der Waals surface area contributed by atoms with Crippen molar-refractivity contribution in [2.24, 2.45) is 11.8 Å². The molecule has 2 aromatic rings. The average molecular weight is 742 g/mol. The molecule has 0 saturated carbocycles. The van der Waals surface area contributed by atoms with Crippen LogP contribution in [0.5, 0.6) is 0 Å². The van der Waals surface area contributed by atoms with Crippen LogP contribution in [-0.4, -0.2) is 125 Å². The first-order valence-corrected chi connectivity index (χ1v) is 18.1. The third-order valence-corrected chi connectivity index (χ3v) is 10.5. The molecular formula is C32H42F3N7O8S. The van der Waals surface area contributed by atoms with Crippen molar-refractivity contribution in [1.82, 2.24) is 35.7 Å². The summed E-state index contributed by atoms with van der Waals surface area (Å²) in [7, 11) is -4.79. The van der Waals surface area contributed by atoms with E-state index >= 15 is 0 Å². The number of aliphatic hydroxyl groups is 1. The molecule has 19 heteroatoms. The van der Waals surface area contributed by atoms with Gasteiger partial charge in [-0.1, -0.05) is 0 Å². The van der Waals surface area contributed by atoms with Crippen molar-refractivity contribution in [2.75, 3.05) is 45.9 Å². The smallest absolute Gasteiger partial charge is 0.318 e. The number of urea groups is 1. The highest BCUT2D eigenvalue weighted by Gasteiger charge is 2.40. The van der Waals surface area contributed by atoms with Crippen LogP contribution in [0.1, 0.15) is 38.1 Å². The van der Waals surface area contributed by atoms with E-state index in [0.29, 0.717) is 43.3 Å². The minimum atomic E-state index is -4.79. The lowest BCUT2D eigenvalue weighted by Crippen LogP contribution is -2.53. The Kier molecular flexibility index (Phi) is 12.5. The number of rotatable bonds is 15. The van der Waals surface area contributed by atoms with E-state index in [1.54, 1.807) is 6.92 Å². The molecule has 51 heavy (non-hydrogen) atoms. The molecule has 1 aromatic carbocycles. The highest BCUT2D eigenvalue weighted by molar-refractivity contribution is 7.86. The second-order valence-corrected chi connectivity index (χ2v) is 14.8. The zero-order chi connectivity index (χ0) is 36.9. The van der Waals surface area contributed by atoms with Gasteiger partial charge in [0, 0.05) is 82.0 Å². The first-order chi connectivity index (χ1) is 24.2. The molecule has 0 radical (unpaired) electrons. The molecule has 6 atom stereocenters. The Morgan fingerprint density at radius 3 is 2.53 bits per heavy atom. The van der Waals surface area contributed by atoms with Gasteiger partial charge in [0.15, 0.2) is 0 Å². The van der Waals surface area contributed by atoms with Gasteiger partial charge >= 0.3 is 6.03 Å². The lowest BCUT2D eigenvalue weighted by atomic mass is 9.89. The Bertz CT molecular complexity index is 1690. The summed E-state index contributed by atoms with van der Waals surface area (Å²) >= 11 is 0. The van der Waals surface area contributed by atoms with Crippen molar-refractivity contribution < 1.29 is 50.4 Å². The van der Waals surface area contributed by atoms with Crippen LogP contribution in [0.15, 0.2) is 36.5 Å². The molecule has 3 aliphatic heterocycles. The first-order valence-electron chi connectivity index (χ1n) is 16.6. The number of benzene rings is 1. The van der Waals surface area contributed by atoms with E-state index in [0.717, 1.165) is 30.4 Å². The minimum absolute atomic E-state index is 0.0198. The summed E-state index contributed by atoms with van der Waals surface area (Å²) in [5.74, 6) is -3.31. The highest BCUT2D eigenvalue weighted by Crippen LogP contribution is 2.36. The molecule has 5 rings (SSSR count). The van der Waals surface area contributed by atoms with Crippen LogP contribution in [0, 0.1) is 23.5 Å². The van der Waals surface area contributed by atoms with Gasteiger partial charge in [-0.3, -0.25) is 24.4 Å². The van der Waals surface area contributed by atoms with Crippen molar-refractivity contribution in [1.29, 1.82) is 0 Å².